The zero-order chi connectivity index (χ0) is 34.0. The second-order valence-electron chi connectivity index (χ2n) is 12.0. The van der Waals surface area contributed by atoms with Crippen LogP contribution >= 0.6 is 22.7 Å². The number of rotatable bonds is 13. The summed E-state index contributed by atoms with van der Waals surface area (Å²) < 4.78 is 19.1. The molecule has 4 aromatic carbocycles. The molecule has 3 heterocycles. The minimum absolute atomic E-state index is 0.0583. The van der Waals surface area contributed by atoms with Gasteiger partial charge in [-0.05, 0) is 106 Å². The van der Waals surface area contributed by atoms with Crippen molar-refractivity contribution >= 4 is 55.4 Å². The van der Waals surface area contributed by atoms with Gasteiger partial charge >= 0.3 is 0 Å². The lowest BCUT2D eigenvalue weighted by Gasteiger charge is -2.29. The molecule has 8 nitrogen and oxygen atoms in total. The zero-order valence-corrected chi connectivity index (χ0v) is 29.3. The van der Waals surface area contributed by atoms with Crippen molar-refractivity contribution < 1.29 is 23.8 Å². The number of aryl methyl sites for hydroxylation is 2. The predicted octanol–water partition coefficient (Wildman–Crippen LogP) is 9.61. The van der Waals surface area contributed by atoms with Gasteiger partial charge < -0.3 is 19.0 Å². The highest BCUT2D eigenvalue weighted by Gasteiger charge is 2.29. The maximum absolute atomic E-state index is 11.0. The second-order valence-corrected chi connectivity index (χ2v) is 14.0. The number of likely N-dealkylation sites (tertiary alicyclic amines) is 1. The van der Waals surface area contributed by atoms with Crippen molar-refractivity contribution in [3.8, 4) is 21.9 Å². The number of para-hydroxylation sites is 2. The molecular formula is C39H39N3O5S2. The number of hydrogen-bond acceptors (Lipinski definition) is 10. The summed E-state index contributed by atoms with van der Waals surface area (Å²) in [5, 5.41) is 1.31. The fourth-order valence-electron chi connectivity index (χ4n) is 5.77. The van der Waals surface area contributed by atoms with Crippen LogP contribution < -0.4 is 9.47 Å². The largest absolute Gasteiger partial charge is 0.449 e. The molecule has 0 N–H and O–H groups in total. The minimum atomic E-state index is -0.0583. The van der Waals surface area contributed by atoms with Crippen LogP contribution in [0.1, 0.15) is 50.7 Å². The number of nitrogens with zero attached hydrogens (tertiary/aromatic N) is 3. The lowest BCUT2D eigenvalue weighted by molar-refractivity contribution is -0.142. The fourth-order valence-corrected chi connectivity index (χ4v) is 7.44. The topological polar surface area (TPSA) is 90.8 Å². The van der Waals surface area contributed by atoms with Gasteiger partial charge in [-0.1, -0.05) is 71.2 Å². The Hall–Kier alpha value is -4.64. The highest BCUT2D eigenvalue weighted by Crippen LogP contribution is 2.32. The van der Waals surface area contributed by atoms with Crippen molar-refractivity contribution in [2.45, 2.75) is 64.6 Å². The number of ketones is 1. The van der Waals surface area contributed by atoms with Crippen LogP contribution in [0.25, 0.3) is 20.4 Å². The summed E-state index contributed by atoms with van der Waals surface area (Å²) in [7, 11) is 0. The number of thiazole rings is 2. The Balaban J connectivity index is 0.000000177. The number of benzene rings is 4. The number of carbonyl (C=O) groups excluding carboxylic acids is 2. The van der Waals surface area contributed by atoms with Crippen LogP contribution in [0.4, 0.5) is 0 Å². The van der Waals surface area contributed by atoms with Crippen LogP contribution in [0.2, 0.25) is 0 Å². The van der Waals surface area contributed by atoms with Gasteiger partial charge in [0, 0.05) is 19.0 Å². The molecule has 0 bridgehead atoms. The number of aromatic nitrogens is 2. The first-order chi connectivity index (χ1) is 23.9. The van der Waals surface area contributed by atoms with Crippen molar-refractivity contribution in [2.24, 2.45) is 0 Å². The van der Waals surface area contributed by atoms with Gasteiger partial charge in [0.05, 0.1) is 20.4 Å². The molecule has 1 fully saturated rings. The molecule has 2 aromatic heterocycles. The smallest absolute Gasteiger partial charge is 0.294 e. The van der Waals surface area contributed by atoms with Gasteiger partial charge in [-0.25, -0.2) is 9.97 Å². The number of hydrogen-bond donors (Lipinski definition) is 0. The Morgan fingerprint density at radius 1 is 0.816 bits per heavy atom. The fraction of sp³-hybridized carbons (Fsp3) is 0.282. The third-order valence-electron chi connectivity index (χ3n) is 8.44. The molecule has 2 atom stereocenters. The normalized spacial score (nSPS) is 15.0. The molecule has 49 heavy (non-hydrogen) atoms. The SMILES string of the molecule is CC(=O)CCc1ccc(Oc2nc3ccccc3s2)cc1.CC(CCc1ccc(Oc2nc3ccccc3s2)cc1)N1CCCC1OC=O. The van der Waals surface area contributed by atoms with Crippen LogP contribution in [0.5, 0.6) is 21.9 Å². The quantitative estimate of drug-likeness (QED) is 0.111. The Bertz CT molecular complexity index is 1910. The molecule has 252 valence electrons. The highest BCUT2D eigenvalue weighted by molar-refractivity contribution is 7.20. The van der Waals surface area contributed by atoms with Gasteiger partial charge in [0.1, 0.15) is 17.3 Å². The van der Waals surface area contributed by atoms with Gasteiger partial charge in [-0.3, -0.25) is 9.69 Å². The first kappa shape index (κ1) is 34.2. The lowest BCUT2D eigenvalue weighted by Crippen LogP contribution is -2.38. The third-order valence-corrected chi connectivity index (χ3v) is 10.3. The Morgan fingerprint density at radius 2 is 1.35 bits per heavy atom. The highest BCUT2D eigenvalue weighted by atomic mass is 32.1. The van der Waals surface area contributed by atoms with Crippen LogP contribution in [-0.4, -0.2) is 45.9 Å². The molecule has 1 saturated heterocycles. The van der Waals surface area contributed by atoms with Gasteiger partial charge in [0.15, 0.2) is 6.23 Å². The molecule has 0 spiro atoms. The van der Waals surface area contributed by atoms with Crippen molar-refractivity contribution in [3.05, 3.63) is 108 Å². The zero-order valence-electron chi connectivity index (χ0n) is 27.6. The van der Waals surface area contributed by atoms with E-state index in [0.717, 1.165) is 76.1 Å². The summed E-state index contributed by atoms with van der Waals surface area (Å²) >= 11 is 3.09. The molecule has 7 rings (SSSR count). The van der Waals surface area contributed by atoms with E-state index in [1.165, 1.54) is 16.9 Å². The first-order valence-electron chi connectivity index (χ1n) is 16.5. The third kappa shape index (κ3) is 9.50. The van der Waals surface area contributed by atoms with Crippen LogP contribution in [-0.2, 0) is 27.2 Å². The Morgan fingerprint density at radius 3 is 1.86 bits per heavy atom. The average molecular weight is 694 g/mol. The first-order valence-corrected chi connectivity index (χ1v) is 18.2. The molecular weight excluding hydrogens is 655 g/mol. The lowest BCUT2D eigenvalue weighted by atomic mass is 10.1. The maximum Gasteiger partial charge on any atom is 0.294 e. The average Bonchev–Trinajstić information content (AvgIpc) is 3.86. The van der Waals surface area contributed by atoms with Crippen molar-refractivity contribution in [1.82, 2.24) is 14.9 Å². The van der Waals surface area contributed by atoms with E-state index in [2.05, 4.69) is 40.0 Å². The number of ether oxygens (including phenoxy) is 3. The molecule has 0 radical (unpaired) electrons. The second kappa shape index (κ2) is 16.6. The number of carbonyl (C=O) groups is 2. The van der Waals surface area contributed by atoms with Crippen LogP contribution in [0.3, 0.4) is 0 Å². The van der Waals surface area contributed by atoms with Crippen molar-refractivity contribution in [3.63, 3.8) is 0 Å². The van der Waals surface area contributed by atoms with E-state index in [-0.39, 0.29) is 12.0 Å². The molecule has 2 unspecified atom stereocenters. The maximum atomic E-state index is 11.0. The summed E-state index contributed by atoms with van der Waals surface area (Å²) in [6.07, 6.45) is 5.32. The molecule has 1 aliphatic rings. The predicted molar refractivity (Wildman–Crippen MR) is 196 cm³/mol. The molecule has 10 heteroatoms. The van der Waals surface area contributed by atoms with E-state index >= 15 is 0 Å². The van der Waals surface area contributed by atoms with E-state index < -0.39 is 0 Å². The summed E-state index contributed by atoms with van der Waals surface area (Å²) in [4.78, 5) is 32.9. The van der Waals surface area contributed by atoms with E-state index in [1.54, 1.807) is 18.3 Å². The number of Topliss-reactive ketones (excluding diaryl/α,β-unsaturated/α-hetero) is 1. The van der Waals surface area contributed by atoms with E-state index in [4.69, 9.17) is 14.2 Å². The van der Waals surface area contributed by atoms with Gasteiger partial charge in [0.25, 0.3) is 16.9 Å². The Kier molecular flexibility index (Phi) is 11.6. The summed E-state index contributed by atoms with van der Waals surface area (Å²) in [6, 6.07) is 32.4. The van der Waals surface area contributed by atoms with E-state index in [0.29, 0.717) is 29.3 Å². The summed E-state index contributed by atoms with van der Waals surface area (Å²) in [6.45, 7) is 5.39. The Labute approximate surface area is 294 Å². The van der Waals surface area contributed by atoms with Gasteiger partial charge in [0.2, 0.25) is 0 Å². The summed E-state index contributed by atoms with van der Waals surface area (Å²) in [5.41, 5.74) is 4.33. The summed E-state index contributed by atoms with van der Waals surface area (Å²) in [5.74, 6) is 1.78. The van der Waals surface area contributed by atoms with Crippen LogP contribution in [0, 0.1) is 0 Å². The monoisotopic (exact) mass is 693 g/mol. The van der Waals surface area contributed by atoms with E-state index in [1.807, 2.05) is 78.9 Å². The molecule has 6 aromatic rings. The molecule has 0 saturated carbocycles. The van der Waals surface area contributed by atoms with Gasteiger partial charge in [-0.2, -0.15) is 0 Å². The standard InChI is InChI=1S/C22H24N2O3S.C17H15NO2S/c1-16(24-14-4-7-21(24)26-15-25)8-9-17-10-12-18(13-11-17)27-22-23-19-5-2-3-6-20(19)28-22;1-12(19)6-7-13-8-10-14(11-9-13)20-17-18-15-4-2-3-5-16(15)21-17/h2-3,5-6,10-13,15-16,21H,4,7-9,14H2,1H3;2-5,8-11H,6-7H2,1H3. The van der Waals surface area contributed by atoms with Crippen molar-refractivity contribution in [1.29, 1.82) is 0 Å². The van der Waals surface area contributed by atoms with Crippen LogP contribution in [0.15, 0.2) is 97.1 Å². The van der Waals surface area contributed by atoms with E-state index in [9.17, 15) is 9.59 Å². The number of fused-ring (bicyclic) bond motifs is 2. The van der Waals surface area contributed by atoms with Crippen molar-refractivity contribution in [2.75, 3.05) is 6.54 Å². The van der Waals surface area contributed by atoms with Gasteiger partial charge in [-0.15, -0.1) is 0 Å². The minimum Gasteiger partial charge on any atom is -0.449 e. The molecule has 1 aliphatic heterocycles. The molecule has 0 amide bonds. The molecule has 0 aliphatic carbocycles.